The molecule has 0 bridgehead atoms. The van der Waals surface area contributed by atoms with E-state index in [9.17, 15) is 9.18 Å². The topological polar surface area (TPSA) is 42.0 Å². The monoisotopic (exact) mass is 284 g/mol. The molecule has 1 aromatic carbocycles. The summed E-state index contributed by atoms with van der Waals surface area (Å²) in [6.07, 6.45) is 1.29. The van der Waals surface area contributed by atoms with E-state index in [-0.39, 0.29) is 15.7 Å². The van der Waals surface area contributed by atoms with Gasteiger partial charge in [-0.25, -0.2) is 9.37 Å². The Morgan fingerprint density at radius 3 is 2.72 bits per heavy atom. The number of hydrogen-bond donors (Lipinski definition) is 1. The van der Waals surface area contributed by atoms with Gasteiger partial charge >= 0.3 is 0 Å². The Morgan fingerprint density at radius 1 is 1.28 bits per heavy atom. The lowest BCUT2D eigenvalue weighted by Gasteiger charge is -2.05. The van der Waals surface area contributed by atoms with E-state index in [1.54, 1.807) is 6.07 Å². The zero-order valence-electron chi connectivity index (χ0n) is 8.95. The molecular formula is C12H7Cl2FN2O. The lowest BCUT2D eigenvalue weighted by molar-refractivity contribution is 0.102. The third-order valence-electron chi connectivity index (χ3n) is 2.14. The van der Waals surface area contributed by atoms with Crippen LogP contribution in [0.5, 0.6) is 0 Å². The molecule has 92 valence electrons. The van der Waals surface area contributed by atoms with E-state index in [0.29, 0.717) is 5.69 Å². The van der Waals surface area contributed by atoms with Crippen molar-refractivity contribution in [3.8, 4) is 0 Å². The summed E-state index contributed by atoms with van der Waals surface area (Å²) in [6, 6.07) is 6.97. The number of halogens is 3. The predicted octanol–water partition coefficient (Wildman–Crippen LogP) is 3.78. The Labute approximate surface area is 113 Å². The summed E-state index contributed by atoms with van der Waals surface area (Å²) in [7, 11) is 0. The molecule has 1 amide bonds. The number of anilines is 1. The van der Waals surface area contributed by atoms with E-state index in [4.69, 9.17) is 23.2 Å². The van der Waals surface area contributed by atoms with Gasteiger partial charge in [0.05, 0.1) is 10.6 Å². The molecular weight excluding hydrogens is 278 g/mol. The first-order chi connectivity index (χ1) is 8.56. The molecule has 2 aromatic rings. The van der Waals surface area contributed by atoms with Gasteiger partial charge in [-0.15, -0.1) is 0 Å². The minimum Gasteiger partial charge on any atom is -0.322 e. The van der Waals surface area contributed by atoms with Crippen molar-refractivity contribution in [2.24, 2.45) is 0 Å². The average Bonchev–Trinajstić information content (AvgIpc) is 2.32. The summed E-state index contributed by atoms with van der Waals surface area (Å²) in [5.41, 5.74) is 0.597. The number of amides is 1. The summed E-state index contributed by atoms with van der Waals surface area (Å²) in [5.74, 6) is -0.869. The normalized spacial score (nSPS) is 10.2. The number of benzene rings is 1. The van der Waals surface area contributed by atoms with Crippen molar-refractivity contribution >= 4 is 34.8 Å². The molecule has 0 atom stereocenters. The van der Waals surface area contributed by atoms with Crippen LogP contribution in [-0.2, 0) is 0 Å². The standard InChI is InChI=1S/C12H7Cl2FN2O/c13-10-4-7(6-16-11(10)14)12(18)17-9-3-1-2-8(15)5-9/h1-6H,(H,17,18). The van der Waals surface area contributed by atoms with Crippen LogP contribution >= 0.6 is 23.2 Å². The molecule has 0 aliphatic rings. The highest BCUT2D eigenvalue weighted by Gasteiger charge is 2.09. The largest absolute Gasteiger partial charge is 0.322 e. The first kappa shape index (κ1) is 12.8. The molecule has 1 aromatic heterocycles. The van der Waals surface area contributed by atoms with Crippen molar-refractivity contribution in [1.29, 1.82) is 0 Å². The van der Waals surface area contributed by atoms with E-state index >= 15 is 0 Å². The quantitative estimate of drug-likeness (QED) is 0.853. The molecule has 0 radical (unpaired) electrons. The first-order valence-electron chi connectivity index (χ1n) is 4.94. The molecule has 0 unspecified atom stereocenters. The molecule has 0 saturated carbocycles. The number of rotatable bonds is 2. The van der Waals surface area contributed by atoms with Gasteiger partial charge in [0, 0.05) is 11.9 Å². The number of hydrogen-bond acceptors (Lipinski definition) is 2. The fraction of sp³-hybridized carbons (Fsp3) is 0. The van der Waals surface area contributed by atoms with Crippen molar-refractivity contribution < 1.29 is 9.18 Å². The maximum Gasteiger partial charge on any atom is 0.257 e. The number of carbonyl (C=O) groups is 1. The second-order valence-electron chi connectivity index (χ2n) is 3.46. The van der Waals surface area contributed by atoms with Gasteiger partial charge in [-0.05, 0) is 24.3 Å². The van der Waals surface area contributed by atoms with Crippen molar-refractivity contribution in [2.45, 2.75) is 0 Å². The summed E-state index contributed by atoms with van der Waals surface area (Å²) in [4.78, 5) is 15.6. The molecule has 0 aliphatic carbocycles. The first-order valence-corrected chi connectivity index (χ1v) is 5.70. The van der Waals surface area contributed by atoms with E-state index in [0.717, 1.165) is 0 Å². The number of carbonyl (C=O) groups excluding carboxylic acids is 1. The predicted molar refractivity (Wildman–Crippen MR) is 68.6 cm³/mol. The summed E-state index contributed by atoms with van der Waals surface area (Å²) in [5, 5.41) is 2.83. The highest BCUT2D eigenvalue weighted by Crippen LogP contribution is 2.20. The number of nitrogens with zero attached hydrogens (tertiary/aromatic N) is 1. The highest BCUT2D eigenvalue weighted by atomic mass is 35.5. The minimum absolute atomic E-state index is 0.124. The molecule has 1 N–H and O–H groups in total. The summed E-state index contributed by atoms with van der Waals surface area (Å²) in [6.45, 7) is 0. The summed E-state index contributed by atoms with van der Waals surface area (Å²) < 4.78 is 12.9. The Hall–Kier alpha value is -1.65. The second-order valence-corrected chi connectivity index (χ2v) is 4.23. The van der Waals surface area contributed by atoms with Crippen LogP contribution in [0.25, 0.3) is 0 Å². The van der Waals surface area contributed by atoms with Gasteiger partial charge < -0.3 is 5.32 Å². The van der Waals surface area contributed by atoms with Gasteiger partial charge in [-0.2, -0.15) is 0 Å². The van der Waals surface area contributed by atoms with Gasteiger partial charge in [0.1, 0.15) is 11.0 Å². The minimum atomic E-state index is -0.438. The Bertz CT molecular complexity index is 604. The zero-order valence-corrected chi connectivity index (χ0v) is 10.5. The fourth-order valence-corrected chi connectivity index (χ4v) is 1.58. The van der Waals surface area contributed by atoms with Crippen LogP contribution in [0.1, 0.15) is 10.4 Å². The van der Waals surface area contributed by atoms with Crippen molar-refractivity contribution in [1.82, 2.24) is 4.98 Å². The van der Waals surface area contributed by atoms with Gasteiger partial charge in [0.25, 0.3) is 5.91 Å². The lowest BCUT2D eigenvalue weighted by Crippen LogP contribution is -2.12. The summed E-state index contributed by atoms with van der Waals surface area (Å²) >= 11 is 11.4. The van der Waals surface area contributed by atoms with Crippen LogP contribution in [0.2, 0.25) is 10.2 Å². The van der Waals surface area contributed by atoms with Crippen molar-refractivity contribution in [3.63, 3.8) is 0 Å². The van der Waals surface area contributed by atoms with Gasteiger partial charge in [0.2, 0.25) is 0 Å². The second kappa shape index (κ2) is 5.33. The van der Waals surface area contributed by atoms with Gasteiger partial charge in [0.15, 0.2) is 0 Å². The smallest absolute Gasteiger partial charge is 0.257 e. The van der Waals surface area contributed by atoms with Gasteiger partial charge in [-0.3, -0.25) is 4.79 Å². The Morgan fingerprint density at radius 2 is 2.06 bits per heavy atom. The molecule has 1 heterocycles. The zero-order chi connectivity index (χ0) is 13.1. The van der Waals surface area contributed by atoms with E-state index in [2.05, 4.69) is 10.3 Å². The third kappa shape index (κ3) is 2.97. The molecule has 0 aliphatic heterocycles. The van der Waals surface area contributed by atoms with Crippen LogP contribution in [0.4, 0.5) is 10.1 Å². The van der Waals surface area contributed by atoms with Crippen LogP contribution in [-0.4, -0.2) is 10.9 Å². The highest BCUT2D eigenvalue weighted by molar-refractivity contribution is 6.41. The van der Waals surface area contributed by atoms with Crippen LogP contribution < -0.4 is 5.32 Å². The molecule has 2 rings (SSSR count). The lowest BCUT2D eigenvalue weighted by atomic mass is 10.2. The van der Waals surface area contributed by atoms with Crippen LogP contribution in [0, 0.1) is 5.82 Å². The molecule has 0 saturated heterocycles. The van der Waals surface area contributed by atoms with E-state index in [1.165, 1.54) is 30.5 Å². The maximum absolute atomic E-state index is 12.9. The van der Waals surface area contributed by atoms with Crippen molar-refractivity contribution in [3.05, 3.63) is 58.1 Å². The van der Waals surface area contributed by atoms with Gasteiger partial charge in [-0.1, -0.05) is 29.3 Å². The molecule has 0 fully saturated rings. The number of aromatic nitrogens is 1. The molecule has 3 nitrogen and oxygen atoms in total. The number of pyridine rings is 1. The number of nitrogens with one attached hydrogen (secondary N) is 1. The third-order valence-corrected chi connectivity index (χ3v) is 2.83. The van der Waals surface area contributed by atoms with Crippen LogP contribution in [0.15, 0.2) is 36.5 Å². The molecule has 6 heteroatoms. The van der Waals surface area contributed by atoms with E-state index < -0.39 is 11.7 Å². The Balaban J connectivity index is 2.19. The average molecular weight is 285 g/mol. The van der Waals surface area contributed by atoms with E-state index in [1.807, 2.05) is 0 Å². The van der Waals surface area contributed by atoms with Crippen LogP contribution in [0.3, 0.4) is 0 Å². The Kier molecular flexibility index (Phi) is 3.79. The fourth-order valence-electron chi connectivity index (χ4n) is 1.31. The molecule has 0 spiro atoms. The van der Waals surface area contributed by atoms with Crippen molar-refractivity contribution in [2.75, 3.05) is 5.32 Å². The SMILES string of the molecule is O=C(Nc1cccc(F)c1)c1cnc(Cl)c(Cl)c1. The maximum atomic E-state index is 12.9. The molecule has 18 heavy (non-hydrogen) atoms.